The number of piperazine rings is 1. The van der Waals surface area contributed by atoms with Gasteiger partial charge in [0, 0.05) is 43.9 Å². The van der Waals surface area contributed by atoms with Gasteiger partial charge in [-0.3, -0.25) is 14.5 Å². The van der Waals surface area contributed by atoms with E-state index < -0.39 is 0 Å². The smallest absolute Gasteiger partial charge is 0.260 e. The van der Waals surface area contributed by atoms with Crippen molar-refractivity contribution in [1.82, 2.24) is 14.8 Å². The van der Waals surface area contributed by atoms with E-state index in [2.05, 4.69) is 29.3 Å². The Morgan fingerprint density at radius 3 is 2.67 bits per heavy atom. The highest BCUT2D eigenvalue weighted by Crippen LogP contribution is 2.31. The van der Waals surface area contributed by atoms with Crippen LogP contribution in [0.5, 0.6) is 5.75 Å². The summed E-state index contributed by atoms with van der Waals surface area (Å²) in [6, 6.07) is 15.7. The van der Waals surface area contributed by atoms with Gasteiger partial charge in [-0.05, 0) is 44.0 Å². The minimum atomic E-state index is -0.0188. The third kappa shape index (κ3) is 5.17. The second-order valence-electron chi connectivity index (χ2n) is 8.69. The highest BCUT2D eigenvalue weighted by Gasteiger charge is 2.29. The molecule has 8 heteroatoms. The van der Waals surface area contributed by atoms with Gasteiger partial charge < -0.3 is 15.0 Å². The van der Waals surface area contributed by atoms with Gasteiger partial charge in [-0.1, -0.05) is 18.2 Å². The lowest BCUT2D eigenvalue weighted by molar-refractivity contribution is -0.135. The summed E-state index contributed by atoms with van der Waals surface area (Å²) < 4.78 is 6.94. The standard InChI is InChI=1S/C25H28N4O3S/c1-17(25-27-21-7-2-3-8-22(21)33-25)28-11-13-29(14-12-28)23(30)16-32-20-6-4-5-19(15-20)26-24(31)18-9-10-18/h2-8,15,17-18H,9-14,16H2,1H3,(H,26,31). The van der Waals surface area contributed by atoms with Crippen molar-refractivity contribution in [3.8, 4) is 5.75 Å². The van der Waals surface area contributed by atoms with E-state index in [-0.39, 0.29) is 30.4 Å². The first-order valence-electron chi connectivity index (χ1n) is 11.5. The van der Waals surface area contributed by atoms with Gasteiger partial charge in [-0.25, -0.2) is 4.98 Å². The minimum Gasteiger partial charge on any atom is -0.484 e. The number of amides is 2. The van der Waals surface area contributed by atoms with Crippen LogP contribution in [0.15, 0.2) is 48.5 Å². The molecule has 5 rings (SSSR count). The molecule has 33 heavy (non-hydrogen) atoms. The van der Waals surface area contributed by atoms with Gasteiger partial charge in [-0.15, -0.1) is 11.3 Å². The molecule has 0 bridgehead atoms. The number of nitrogens with one attached hydrogen (secondary N) is 1. The molecule has 1 atom stereocenters. The fourth-order valence-corrected chi connectivity index (χ4v) is 5.13. The number of rotatable bonds is 7. The van der Waals surface area contributed by atoms with Crippen LogP contribution >= 0.6 is 11.3 Å². The molecule has 2 amide bonds. The molecule has 2 fully saturated rings. The van der Waals surface area contributed by atoms with Crippen LogP contribution in [0.4, 0.5) is 5.69 Å². The third-order valence-electron chi connectivity index (χ3n) is 6.29. The maximum absolute atomic E-state index is 12.7. The minimum absolute atomic E-state index is 0.00650. The van der Waals surface area contributed by atoms with Crippen LogP contribution in [0.2, 0.25) is 0 Å². The highest BCUT2D eigenvalue weighted by atomic mass is 32.1. The molecule has 2 heterocycles. The molecule has 1 saturated heterocycles. The Hall–Kier alpha value is -2.97. The Labute approximate surface area is 197 Å². The predicted molar refractivity (Wildman–Crippen MR) is 129 cm³/mol. The Morgan fingerprint density at radius 1 is 1.12 bits per heavy atom. The van der Waals surface area contributed by atoms with Crippen LogP contribution in [0.1, 0.15) is 30.8 Å². The summed E-state index contributed by atoms with van der Waals surface area (Å²) in [5.41, 5.74) is 1.75. The Morgan fingerprint density at radius 2 is 1.91 bits per heavy atom. The molecule has 0 radical (unpaired) electrons. The first-order valence-corrected chi connectivity index (χ1v) is 12.3. The van der Waals surface area contributed by atoms with Crippen molar-refractivity contribution in [3.05, 3.63) is 53.5 Å². The van der Waals surface area contributed by atoms with Crippen LogP contribution < -0.4 is 10.1 Å². The number of aromatic nitrogens is 1. The zero-order valence-corrected chi connectivity index (χ0v) is 19.5. The predicted octanol–water partition coefficient (Wildman–Crippen LogP) is 3.93. The number of para-hydroxylation sites is 1. The number of fused-ring (bicyclic) bond motifs is 1. The van der Waals surface area contributed by atoms with E-state index in [4.69, 9.17) is 9.72 Å². The first-order chi connectivity index (χ1) is 16.1. The lowest BCUT2D eigenvalue weighted by atomic mass is 10.2. The summed E-state index contributed by atoms with van der Waals surface area (Å²) in [5.74, 6) is 0.767. The summed E-state index contributed by atoms with van der Waals surface area (Å²) in [5, 5.41) is 4.03. The lowest BCUT2D eigenvalue weighted by Gasteiger charge is -2.37. The van der Waals surface area contributed by atoms with Gasteiger partial charge in [0.1, 0.15) is 10.8 Å². The van der Waals surface area contributed by atoms with Gasteiger partial charge >= 0.3 is 0 Å². The van der Waals surface area contributed by atoms with Gasteiger partial charge in [-0.2, -0.15) is 0 Å². The zero-order valence-electron chi connectivity index (χ0n) is 18.7. The van der Waals surface area contributed by atoms with Crippen LogP contribution in [-0.2, 0) is 9.59 Å². The number of nitrogens with zero attached hydrogens (tertiary/aromatic N) is 3. The molecule has 1 aliphatic heterocycles. The van der Waals surface area contributed by atoms with E-state index in [0.29, 0.717) is 24.5 Å². The molecule has 2 aromatic carbocycles. The van der Waals surface area contributed by atoms with Crippen molar-refractivity contribution in [2.24, 2.45) is 5.92 Å². The van der Waals surface area contributed by atoms with Gasteiger partial charge in [0.2, 0.25) is 5.91 Å². The SMILES string of the molecule is CC(c1nc2ccccc2s1)N1CCN(C(=O)COc2cccc(NC(=O)C3CC3)c2)CC1. The Bertz CT molecular complexity index is 1120. The molecule has 7 nitrogen and oxygen atoms in total. The topological polar surface area (TPSA) is 74.8 Å². The van der Waals surface area contributed by atoms with Crippen molar-refractivity contribution in [2.45, 2.75) is 25.8 Å². The molecule has 1 aliphatic carbocycles. The largest absolute Gasteiger partial charge is 0.484 e. The molecule has 1 aromatic heterocycles. The lowest BCUT2D eigenvalue weighted by Crippen LogP contribution is -2.50. The number of thiazole rings is 1. The second kappa shape index (κ2) is 9.49. The molecule has 3 aromatic rings. The highest BCUT2D eigenvalue weighted by molar-refractivity contribution is 7.18. The quantitative estimate of drug-likeness (QED) is 0.574. The maximum Gasteiger partial charge on any atom is 0.260 e. The zero-order chi connectivity index (χ0) is 22.8. The Kier molecular flexibility index (Phi) is 6.28. The van der Waals surface area contributed by atoms with Crippen molar-refractivity contribution >= 4 is 39.1 Å². The molecular weight excluding hydrogens is 436 g/mol. The third-order valence-corrected chi connectivity index (χ3v) is 7.50. The number of benzene rings is 2. The number of carbonyl (C=O) groups is 2. The van der Waals surface area contributed by atoms with E-state index in [1.165, 1.54) is 4.70 Å². The van der Waals surface area contributed by atoms with Crippen LogP contribution in [0.3, 0.4) is 0 Å². The fraction of sp³-hybridized carbons (Fsp3) is 0.400. The average Bonchev–Trinajstić information content (AvgIpc) is 3.61. The Balaban J connectivity index is 1.11. The van der Waals surface area contributed by atoms with Crippen LogP contribution in [0.25, 0.3) is 10.2 Å². The van der Waals surface area contributed by atoms with Gasteiger partial charge in [0.15, 0.2) is 6.61 Å². The number of hydrogen-bond donors (Lipinski definition) is 1. The normalized spacial score (nSPS) is 17.7. The van der Waals surface area contributed by atoms with Crippen LogP contribution in [0, 0.1) is 5.92 Å². The first kappa shape index (κ1) is 21.9. The van der Waals surface area contributed by atoms with E-state index in [1.807, 2.05) is 29.2 Å². The van der Waals surface area contributed by atoms with E-state index in [1.54, 1.807) is 23.5 Å². The maximum atomic E-state index is 12.7. The molecule has 1 unspecified atom stereocenters. The van der Waals surface area contributed by atoms with Crippen molar-refractivity contribution < 1.29 is 14.3 Å². The number of carbonyl (C=O) groups excluding carboxylic acids is 2. The summed E-state index contributed by atoms with van der Waals surface area (Å²) in [6.45, 7) is 5.15. The monoisotopic (exact) mass is 464 g/mol. The van der Waals surface area contributed by atoms with E-state index in [9.17, 15) is 9.59 Å². The molecular formula is C25H28N4O3S. The van der Waals surface area contributed by atoms with Gasteiger partial charge in [0.25, 0.3) is 5.91 Å². The van der Waals surface area contributed by atoms with Crippen LogP contribution in [-0.4, -0.2) is 59.4 Å². The second-order valence-corrected chi connectivity index (χ2v) is 9.75. The number of hydrogen-bond acceptors (Lipinski definition) is 6. The van der Waals surface area contributed by atoms with Crippen molar-refractivity contribution in [1.29, 1.82) is 0 Å². The molecule has 2 aliphatic rings. The van der Waals surface area contributed by atoms with Crippen molar-refractivity contribution in [3.63, 3.8) is 0 Å². The fourth-order valence-electron chi connectivity index (χ4n) is 4.07. The molecule has 172 valence electrons. The summed E-state index contributed by atoms with van der Waals surface area (Å²) in [4.78, 5) is 33.7. The molecule has 0 spiro atoms. The summed E-state index contributed by atoms with van der Waals surface area (Å²) in [7, 11) is 0. The average molecular weight is 465 g/mol. The molecule has 1 N–H and O–H groups in total. The summed E-state index contributed by atoms with van der Waals surface area (Å²) >= 11 is 1.74. The number of ether oxygens (including phenoxy) is 1. The van der Waals surface area contributed by atoms with E-state index in [0.717, 1.165) is 36.5 Å². The van der Waals surface area contributed by atoms with Gasteiger partial charge in [0.05, 0.1) is 16.3 Å². The van der Waals surface area contributed by atoms with Crippen molar-refractivity contribution in [2.75, 3.05) is 38.1 Å². The van der Waals surface area contributed by atoms with E-state index >= 15 is 0 Å². The number of anilines is 1. The molecule has 1 saturated carbocycles. The summed E-state index contributed by atoms with van der Waals surface area (Å²) in [6.07, 6.45) is 1.92.